The maximum absolute atomic E-state index is 13.0. The molecule has 1 aliphatic heterocycles. The highest BCUT2D eigenvalue weighted by Crippen LogP contribution is 2.17. The largest absolute Gasteiger partial charge is 0.492 e. The van der Waals surface area contributed by atoms with Crippen molar-refractivity contribution in [3.05, 3.63) is 65.5 Å². The van der Waals surface area contributed by atoms with E-state index in [1.165, 1.54) is 12.1 Å². The van der Waals surface area contributed by atoms with Crippen molar-refractivity contribution in [1.82, 2.24) is 15.5 Å². The summed E-state index contributed by atoms with van der Waals surface area (Å²) in [6, 6.07) is 14.4. The molecule has 164 valence electrons. The van der Waals surface area contributed by atoms with Gasteiger partial charge in [-0.25, -0.2) is 4.39 Å². The highest BCUT2D eigenvalue weighted by Gasteiger charge is 2.11. The third-order valence-electron chi connectivity index (χ3n) is 4.78. The molecule has 2 aromatic rings. The van der Waals surface area contributed by atoms with Crippen molar-refractivity contribution in [1.29, 1.82) is 0 Å². The first-order valence-corrected chi connectivity index (χ1v) is 9.94. The van der Waals surface area contributed by atoms with E-state index in [0.29, 0.717) is 25.7 Å². The van der Waals surface area contributed by atoms with E-state index in [1.54, 1.807) is 19.2 Å². The fourth-order valence-corrected chi connectivity index (χ4v) is 3.09. The van der Waals surface area contributed by atoms with Crippen molar-refractivity contribution in [2.45, 2.75) is 13.1 Å². The van der Waals surface area contributed by atoms with E-state index in [9.17, 15) is 4.39 Å². The van der Waals surface area contributed by atoms with Crippen LogP contribution in [-0.4, -0.2) is 57.4 Å². The van der Waals surface area contributed by atoms with E-state index in [-0.39, 0.29) is 29.8 Å². The predicted molar refractivity (Wildman–Crippen MR) is 128 cm³/mol. The highest BCUT2D eigenvalue weighted by molar-refractivity contribution is 14.0. The minimum absolute atomic E-state index is 0. The molecule has 0 amide bonds. The Hall–Kier alpha value is -1.91. The molecule has 30 heavy (non-hydrogen) atoms. The summed E-state index contributed by atoms with van der Waals surface area (Å²) in [6.45, 7) is 6.22. The summed E-state index contributed by atoms with van der Waals surface area (Å²) in [5, 5.41) is 6.54. The minimum Gasteiger partial charge on any atom is -0.492 e. The van der Waals surface area contributed by atoms with Crippen molar-refractivity contribution in [3.63, 3.8) is 0 Å². The SMILES string of the molecule is CN=C(NCc1ccc(F)cc1)NCc1ccccc1OCCN1CCOCC1.I. The molecular weight excluding hydrogens is 498 g/mol. The maximum Gasteiger partial charge on any atom is 0.191 e. The Kier molecular flexibility index (Phi) is 10.9. The number of halogens is 2. The summed E-state index contributed by atoms with van der Waals surface area (Å²) < 4.78 is 24.4. The van der Waals surface area contributed by atoms with Crippen LogP contribution in [0.15, 0.2) is 53.5 Å². The van der Waals surface area contributed by atoms with E-state index in [0.717, 1.165) is 49.7 Å². The molecule has 0 spiro atoms. The highest BCUT2D eigenvalue weighted by atomic mass is 127. The molecule has 0 radical (unpaired) electrons. The zero-order valence-electron chi connectivity index (χ0n) is 17.3. The number of hydrogen-bond acceptors (Lipinski definition) is 4. The molecule has 8 heteroatoms. The van der Waals surface area contributed by atoms with E-state index in [4.69, 9.17) is 9.47 Å². The third kappa shape index (κ3) is 8.08. The van der Waals surface area contributed by atoms with Crippen LogP contribution in [0, 0.1) is 5.82 Å². The predicted octanol–water partition coefficient (Wildman–Crippen LogP) is 3.02. The van der Waals surface area contributed by atoms with Crippen LogP contribution in [0.4, 0.5) is 4.39 Å². The number of guanidine groups is 1. The fourth-order valence-electron chi connectivity index (χ4n) is 3.09. The number of ether oxygens (including phenoxy) is 2. The number of aliphatic imine (C=N–C) groups is 1. The summed E-state index contributed by atoms with van der Waals surface area (Å²) in [7, 11) is 1.73. The van der Waals surface area contributed by atoms with Gasteiger partial charge in [-0.1, -0.05) is 30.3 Å². The van der Waals surface area contributed by atoms with Crippen LogP contribution in [0.2, 0.25) is 0 Å². The van der Waals surface area contributed by atoms with Crippen LogP contribution in [-0.2, 0) is 17.8 Å². The number of para-hydroxylation sites is 1. The van der Waals surface area contributed by atoms with E-state index < -0.39 is 0 Å². The summed E-state index contributed by atoms with van der Waals surface area (Å²) in [5.41, 5.74) is 2.06. The van der Waals surface area contributed by atoms with Gasteiger partial charge in [0.05, 0.1) is 13.2 Å². The average Bonchev–Trinajstić information content (AvgIpc) is 2.77. The molecule has 3 rings (SSSR count). The van der Waals surface area contributed by atoms with Crippen LogP contribution in [0.25, 0.3) is 0 Å². The Bertz CT molecular complexity index is 783. The summed E-state index contributed by atoms with van der Waals surface area (Å²) in [6.07, 6.45) is 0. The van der Waals surface area contributed by atoms with E-state index >= 15 is 0 Å². The van der Waals surface area contributed by atoms with Gasteiger partial charge in [-0.2, -0.15) is 0 Å². The number of nitrogens with zero attached hydrogens (tertiary/aromatic N) is 2. The molecule has 6 nitrogen and oxygen atoms in total. The molecule has 0 aliphatic carbocycles. The molecule has 0 aromatic heterocycles. The second-order valence-corrected chi connectivity index (χ2v) is 6.82. The van der Waals surface area contributed by atoms with Gasteiger partial charge >= 0.3 is 0 Å². The molecular formula is C22H30FIN4O2. The Morgan fingerprint density at radius 2 is 1.77 bits per heavy atom. The Morgan fingerprint density at radius 3 is 2.50 bits per heavy atom. The quantitative estimate of drug-likeness (QED) is 0.314. The molecule has 0 saturated carbocycles. The third-order valence-corrected chi connectivity index (χ3v) is 4.78. The standard InChI is InChI=1S/C22H29FN4O2.HI/c1-24-22(25-16-18-6-8-20(23)9-7-18)26-17-19-4-2-3-5-21(19)29-15-12-27-10-13-28-14-11-27;/h2-9H,10-17H2,1H3,(H2,24,25,26);1H. The van der Waals surface area contributed by atoms with Crippen LogP contribution in [0.3, 0.4) is 0 Å². The van der Waals surface area contributed by atoms with Gasteiger partial charge in [-0.15, -0.1) is 24.0 Å². The zero-order valence-corrected chi connectivity index (χ0v) is 19.6. The van der Waals surface area contributed by atoms with Crippen molar-refractivity contribution in [3.8, 4) is 5.75 Å². The van der Waals surface area contributed by atoms with Crippen molar-refractivity contribution >= 4 is 29.9 Å². The topological polar surface area (TPSA) is 58.1 Å². The lowest BCUT2D eigenvalue weighted by molar-refractivity contribution is 0.0322. The van der Waals surface area contributed by atoms with Crippen LogP contribution in [0.5, 0.6) is 5.75 Å². The van der Waals surface area contributed by atoms with Crippen molar-refractivity contribution in [2.75, 3.05) is 46.5 Å². The van der Waals surface area contributed by atoms with Crippen LogP contribution in [0.1, 0.15) is 11.1 Å². The number of rotatable bonds is 8. The molecule has 1 saturated heterocycles. The molecule has 0 bridgehead atoms. The first kappa shape index (κ1) is 24.4. The molecule has 1 fully saturated rings. The second-order valence-electron chi connectivity index (χ2n) is 6.82. The lowest BCUT2D eigenvalue weighted by Crippen LogP contribution is -2.38. The lowest BCUT2D eigenvalue weighted by atomic mass is 10.2. The zero-order chi connectivity index (χ0) is 20.3. The van der Waals surface area contributed by atoms with Crippen LogP contribution < -0.4 is 15.4 Å². The molecule has 2 N–H and O–H groups in total. The molecule has 0 atom stereocenters. The normalized spacial score (nSPS) is 14.7. The summed E-state index contributed by atoms with van der Waals surface area (Å²) >= 11 is 0. The Labute approximate surface area is 194 Å². The monoisotopic (exact) mass is 528 g/mol. The van der Waals surface area contributed by atoms with Gasteiger partial charge < -0.3 is 20.1 Å². The van der Waals surface area contributed by atoms with Gasteiger partial charge in [0.1, 0.15) is 18.2 Å². The number of morpholine rings is 1. The summed E-state index contributed by atoms with van der Waals surface area (Å²) in [4.78, 5) is 6.60. The summed E-state index contributed by atoms with van der Waals surface area (Å²) in [5.74, 6) is 1.32. The van der Waals surface area contributed by atoms with Gasteiger partial charge in [0, 0.05) is 45.3 Å². The Balaban J connectivity index is 0.00000320. The fraction of sp³-hybridized carbons (Fsp3) is 0.409. The minimum atomic E-state index is -0.235. The van der Waals surface area contributed by atoms with E-state index in [1.807, 2.05) is 24.3 Å². The van der Waals surface area contributed by atoms with Crippen molar-refractivity contribution in [2.24, 2.45) is 4.99 Å². The van der Waals surface area contributed by atoms with Gasteiger partial charge in [0.2, 0.25) is 0 Å². The molecule has 1 aliphatic rings. The van der Waals surface area contributed by atoms with Gasteiger partial charge in [-0.3, -0.25) is 9.89 Å². The molecule has 0 unspecified atom stereocenters. The first-order valence-electron chi connectivity index (χ1n) is 9.94. The molecule has 1 heterocycles. The molecule has 2 aromatic carbocycles. The van der Waals surface area contributed by atoms with E-state index in [2.05, 4.69) is 20.5 Å². The number of nitrogens with one attached hydrogen (secondary N) is 2. The van der Waals surface area contributed by atoms with Gasteiger partial charge in [0.25, 0.3) is 0 Å². The maximum atomic E-state index is 13.0. The first-order chi connectivity index (χ1) is 14.2. The average molecular weight is 528 g/mol. The smallest absolute Gasteiger partial charge is 0.191 e. The Morgan fingerprint density at radius 1 is 1.07 bits per heavy atom. The lowest BCUT2D eigenvalue weighted by Gasteiger charge is -2.26. The van der Waals surface area contributed by atoms with Gasteiger partial charge in [-0.05, 0) is 23.8 Å². The number of hydrogen-bond donors (Lipinski definition) is 2. The van der Waals surface area contributed by atoms with Crippen LogP contribution >= 0.6 is 24.0 Å². The van der Waals surface area contributed by atoms with Gasteiger partial charge in [0.15, 0.2) is 5.96 Å². The van der Waals surface area contributed by atoms with Crippen molar-refractivity contribution < 1.29 is 13.9 Å². The number of benzene rings is 2. The second kappa shape index (κ2) is 13.4.